The Morgan fingerprint density at radius 2 is 2.39 bits per heavy atom. The lowest BCUT2D eigenvalue weighted by atomic mass is 10.2. The first-order valence-electron chi connectivity index (χ1n) is 6.01. The second-order valence-corrected chi connectivity index (χ2v) is 4.28. The Hall–Kier alpha value is -2.11. The van der Waals surface area contributed by atoms with Crippen molar-refractivity contribution >= 4 is 11.6 Å². The number of nitrogens with zero attached hydrogens (tertiary/aromatic N) is 2. The van der Waals surface area contributed by atoms with Crippen LogP contribution in [0.5, 0.6) is 0 Å². The van der Waals surface area contributed by atoms with Crippen molar-refractivity contribution in [3.05, 3.63) is 33.4 Å². The normalized spacial score (nSPS) is 13.8. The van der Waals surface area contributed by atoms with E-state index in [-0.39, 0.29) is 11.3 Å². The molecule has 6 nitrogen and oxygen atoms in total. The Morgan fingerprint density at radius 3 is 3.17 bits per heavy atom. The zero-order chi connectivity index (χ0) is 12.7. The summed E-state index contributed by atoms with van der Waals surface area (Å²) < 4.78 is 6.20. The molecule has 0 spiro atoms. The highest BCUT2D eigenvalue weighted by atomic mass is 16.5. The number of rotatable bonds is 2. The van der Waals surface area contributed by atoms with E-state index in [2.05, 4.69) is 10.1 Å². The third-order valence-electron chi connectivity index (χ3n) is 3.13. The van der Waals surface area contributed by atoms with Gasteiger partial charge in [-0.1, -0.05) is 0 Å². The number of hydrogen-bond donors (Lipinski definition) is 1. The second-order valence-electron chi connectivity index (χ2n) is 4.28. The summed E-state index contributed by atoms with van der Waals surface area (Å²) in [5.41, 5.74) is 2.23. The Morgan fingerprint density at radius 1 is 1.56 bits per heavy atom. The molecule has 0 atom stereocenters. The third-order valence-corrected chi connectivity index (χ3v) is 3.13. The molecule has 0 fully saturated rings. The van der Waals surface area contributed by atoms with Gasteiger partial charge >= 0.3 is 5.97 Å². The summed E-state index contributed by atoms with van der Waals surface area (Å²) in [6.45, 7) is 2.03. The van der Waals surface area contributed by atoms with Crippen LogP contribution in [0.15, 0.2) is 10.9 Å². The topological polar surface area (TPSA) is 76.5 Å². The van der Waals surface area contributed by atoms with E-state index in [9.17, 15) is 9.59 Å². The largest absolute Gasteiger partial charge is 0.461 e. The van der Waals surface area contributed by atoms with E-state index in [1.165, 1.54) is 4.52 Å². The Bertz CT molecular complexity index is 684. The molecule has 0 saturated heterocycles. The lowest BCUT2D eigenvalue weighted by Crippen LogP contribution is -2.20. The molecule has 94 valence electrons. The van der Waals surface area contributed by atoms with Crippen LogP contribution in [0.2, 0.25) is 0 Å². The van der Waals surface area contributed by atoms with Crippen LogP contribution in [0.4, 0.5) is 0 Å². The zero-order valence-electron chi connectivity index (χ0n) is 10.0. The highest BCUT2D eigenvalue weighted by Crippen LogP contribution is 2.17. The van der Waals surface area contributed by atoms with E-state index in [4.69, 9.17) is 4.74 Å². The number of carbonyl (C=O) groups excluding carboxylic acids is 1. The maximum absolute atomic E-state index is 12.2. The summed E-state index contributed by atoms with van der Waals surface area (Å²) in [6, 6.07) is 1.55. The average Bonchev–Trinajstić information content (AvgIpc) is 2.95. The zero-order valence-corrected chi connectivity index (χ0v) is 10.0. The summed E-state index contributed by atoms with van der Waals surface area (Å²) in [7, 11) is 0. The Kier molecular flexibility index (Phi) is 2.43. The SMILES string of the molecule is CCOC(=O)c1cc2nc3c(c(=O)n2[nH]1)CCC3. The Balaban J connectivity index is 2.16. The molecule has 2 aromatic rings. The average molecular weight is 247 g/mol. The van der Waals surface area contributed by atoms with E-state index >= 15 is 0 Å². The number of aryl methyl sites for hydroxylation is 1. The van der Waals surface area contributed by atoms with Crippen LogP contribution < -0.4 is 5.56 Å². The molecule has 1 aliphatic carbocycles. The molecular weight excluding hydrogens is 234 g/mol. The van der Waals surface area contributed by atoms with Crippen LogP contribution in [0.1, 0.15) is 35.1 Å². The van der Waals surface area contributed by atoms with Gasteiger partial charge in [0.1, 0.15) is 5.69 Å². The van der Waals surface area contributed by atoms with E-state index in [0.717, 1.165) is 30.5 Å². The van der Waals surface area contributed by atoms with Crippen LogP contribution in [0.25, 0.3) is 5.65 Å². The van der Waals surface area contributed by atoms with Crippen molar-refractivity contribution < 1.29 is 9.53 Å². The number of aromatic amines is 1. The minimum absolute atomic E-state index is 0.108. The summed E-state index contributed by atoms with van der Waals surface area (Å²) >= 11 is 0. The van der Waals surface area contributed by atoms with Crippen LogP contribution in [-0.2, 0) is 17.6 Å². The highest BCUT2D eigenvalue weighted by Gasteiger charge is 2.20. The first-order chi connectivity index (χ1) is 8.70. The predicted molar refractivity (Wildman–Crippen MR) is 63.8 cm³/mol. The van der Waals surface area contributed by atoms with Gasteiger partial charge in [0, 0.05) is 11.6 Å². The van der Waals surface area contributed by atoms with Crippen LogP contribution in [0, 0.1) is 0 Å². The molecule has 0 radical (unpaired) electrons. The summed E-state index contributed by atoms with van der Waals surface area (Å²) in [4.78, 5) is 28.1. The molecule has 3 rings (SSSR count). The number of ether oxygens (including phenoxy) is 1. The van der Waals surface area contributed by atoms with Crippen molar-refractivity contribution in [2.75, 3.05) is 6.61 Å². The van der Waals surface area contributed by atoms with Gasteiger partial charge in [-0.05, 0) is 26.2 Å². The molecule has 0 aromatic carbocycles. The molecule has 0 unspecified atom stereocenters. The van der Waals surface area contributed by atoms with Gasteiger partial charge in [0.25, 0.3) is 5.56 Å². The van der Waals surface area contributed by atoms with E-state index in [1.807, 2.05) is 0 Å². The first kappa shape index (κ1) is 11.0. The summed E-state index contributed by atoms with van der Waals surface area (Å²) in [6.07, 6.45) is 2.56. The quantitative estimate of drug-likeness (QED) is 0.792. The number of esters is 1. The first-order valence-corrected chi connectivity index (χ1v) is 6.01. The fourth-order valence-electron chi connectivity index (χ4n) is 2.31. The molecule has 1 N–H and O–H groups in total. The maximum Gasteiger partial charge on any atom is 0.356 e. The predicted octanol–water partition coefficient (Wildman–Crippen LogP) is 0.688. The van der Waals surface area contributed by atoms with Crippen molar-refractivity contribution in [3.63, 3.8) is 0 Å². The molecule has 0 saturated carbocycles. The van der Waals surface area contributed by atoms with Crippen molar-refractivity contribution in [1.29, 1.82) is 0 Å². The molecule has 18 heavy (non-hydrogen) atoms. The van der Waals surface area contributed by atoms with Crippen molar-refractivity contribution in [3.8, 4) is 0 Å². The Labute approximate surface area is 103 Å². The molecule has 1 aliphatic rings. The molecule has 2 heterocycles. The lowest BCUT2D eigenvalue weighted by Gasteiger charge is -1.98. The highest BCUT2D eigenvalue weighted by molar-refractivity contribution is 5.88. The van der Waals surface area contributed by atoms with Gasteiger partial charge in [0.05, 0.1) is 12.3 Å². The fourth-order valence-corrected chi connectivity index (χ4v) is 2.31. The van der Waals surface area contributed by atoms with Crippen molar-refractivity contribution in [2.24, 2.45) is 0 Å². The molecule has 2 aromatic heterocycles. The van der Waals surface area contributed by atoms with Crippen LogP contribution in [-0.4, -0.2) is 27.2 Å². The van der Waals surface area contributed by atoms with Crippen LogP contribution in [0.3, 0.4) is 0 Å². The van der Waals surface area contributed by atoms with Crippen molar-refractivity contribution in [1.82, 2.24) is 14.6 Å². The van der Waals surface area contributed by atoms with Gasteiger partial charge in [-0.25, -0.2) is 14.3 Å². The number of H-pyrrole nitrogens is 1. The van der Waals surface area contributed by atoms with Crippen LogP contribution >= 0.6 is 0 Å². The fraction of sp³-hybridized carbons (Fsp3) is 0.417. The number of aromatic nitrogens is 3. The number of carbonyl (C=O) groups is 1. The molecule has 0 bridgehead atoms. The summed E-state index contributed by atoms with van der Waals surface area (Å²) in [5.74, 6) is -0.470. The minimum Gasteiger partial charge on any atom is -0.461 e. The number of nitrogens with one attached hydrogen (secondary N) is 1. The number of hydrogen-bond acceptors (Lipinski definition) is 4. The van der Waals surface area contributed by atoms with E-state index in [1.54, 1.807) is 13.0 Å². The molecule has 0 aliphatic heterocycles. The standard InChI is InChI=1S/C12H13N3O3/c1-2-18-12(17)9-6-10-13-8-5-3-4-7(8)11(16)15(10)14-9/h6,14H,2-5H2,1H3. The van der Waals surface area contributed by atoms with Gasteiger partial charge in [-0.2, -0.15) is 0 Å². The smallest absolute Gasteiger partial charge is 0.356 e. The van der Waals surface area contributed by atoms with Crippen molar-refractivity contribution in [2.45, 2.75) is 26.2 Å². The third kappa shape index (κ3) is 1.53. The van der Waals surface area contributed by atoms with E-state index < -0.39 is 5.97 Å². The van der Waals surface area contributed by atoms with Gasteiger partial charge < -0.3 is 4.74 Å². The van der Waals surface area contributed by atoms with Gasteiger partial charge in [0.15, 0.2) is 5.65 Å². The number of fused-ring (bicyclic) bond motifs is 2. The lowest BCUT2D eigenvalue weighted by molar-refractivity contribution is 0.0519. The van der Waals surface area contributed by atoms with Gasteiger partial charge in [-0.15, -0.1) is 0 Å². The summed E-state index contributed by atoms with van der Waals surface area (Å²) in [5, 5.41) is 2.75. The molecular formula is C12H13N3O3. The molecule has 0 amide bonds. The van der Waals surface area contributed by atoms with Gasteiger partial charge in [-0.3, -0.25) is 9.89 Å². The van der Waals surface area contributed by atoms with Gasteiger partial charge in [0.2, 0.25) is 0 Å². The van der Waals surface area contributed by atoms with E-state index in [0.29, 0.717) is 12.3 Å². The maximum atomic E-state index is 12.2. The molecule has 6 heteroatoms. The second kappa shape index (κ2) is 3.97. The monoisotopic (exact) mass is 247 g/mol. The minimum atomic E-state index is -0.470.